The zero-order valence-electron chi connectivity index (χ0n) is 11.6. The number of aryl methyl sites for hydroxylation is 1. The predicted molar refractivity (Wildman–Crippen MR) is 70.6 cm³/mol. The van der Waals surface area contributed by atoms with E-state index in [4.69, 9.17) is 9.15 Å². The van der Waals surface area contributed by atoms with Gasteiger partial charge in [0.1, 0.15) is 18.7 Å². The molecule has 2 heterocycles. The first-order valence-corrected chi connectivity index (χ1v) is 6.39. The van der Waals surface area contributed by atoms with Gasteiger partial charge in [-0.15, -0.1) is 5.10 Å². The van der Waals surface area contributed by atoms with Gasteiger partial charge in [-0.05, 0) is 18.5 Å². The molecule has 0 aliphatic carbocycles. The molecule has 0 bridgehead atoms. The summed E-state index contributed by atoms with van der Waals surface area (Å²) in [5.41, 5.74) is 1.02. The Kier molecular flexibility index (Phi) is 4.57. The molecule has 0 aliphatic heterocycles. The number of hydrogen-bond donors (Lipinski definition) is 1. The second kappa shape index (κ2) is 6.38. The molecule has 0 spiro atoms. The molecule has 0 atom stereocenters. The number of nitrogens with zero attached hydrogens (tertiary/aromatic N) is 3. The highest BCUT2D eigenvalue weighted by Crippen LogP contribution is 2.13. The fourth-order valence-electron chi connectivity index (χ4n) is 1.65. The van der Waals surface area contributed by atoms with Crippen molar-refractivity contribution >= 4 is 0 Å². The number of rotatable bonds is 7. The van der Waals surface area contributed by atoms with Crippen molar-refractivity contribution in [1.82, 2.24) is 20.1 Å². The summed E-state index contributed by atoms with van der Waals surface area (Å²) in [6.07, 6.45) is 3.28. The van der Waals surface area contributed by atoms with E-state index in [9.17, 15) is 0 Å². The van der Waals surface area contributed by atoms with Gasteiger partial charge in [0.2, 0.25) is 0 Å². The summed E-state index contributed by atoms with van der Waals surface area (Å²) in [7, 11) is 1.80. The van der Waals surface area contributed by atoms with Gasteiger partial charge in [-0.2, -0.15) is 4.98 Å². The molecule has 0 aromatic carbocycles. The average Bonchev–Trinajstić information content (AvgIpc) is 2.95. The van der Waals surface area contributed by atoms with E-state index in [1.165, 1.54) is 0 Å². The summed E-state index contributed by atoms with van der Waals surface area (Å²) in [4.78, 5) is 4.01. The Hall–Kier alpha value is -1.82. The van der Waals surface area contributed by atoms with E-state index in [0.717, 1.165) is 17.9 Å². The van der Waals surface area contributed by atoms with E-state index >= 15 is 0 Å². The van der Waals surface area contributed by atoms with E-state index in [1.807, 2.05) is 6.07 Å². The van der Waals surface area contributed by atoms with Crippen LogP contribution in [0.3, 0.4) is 0 Å². The van der Waals surface area contributed by atoms with Crippen LogP contribution in [-0.2, 0) is 20.2 Å². The van der Waals surface area contributed by atoms with Crippen LogP contribution in [-0.4, -0.2) is 21.3 Å². The van der Waals surface area contributed by atoms with Crippen molar-refractivity contribution in [3.8, 4) is 6.01 Å². The largest absolute Gasteiger partial charge is 0.468 e. The third kappa shape index (κ3) is 4.10. The van der Waals surface area contributed by atoms with E-state index in [0.29, 0.717) is 25.1 Å². The third-order valence-corrected chi connectivity index (χ3v) is 2.61. The highest BCUT2D eigenvalue weighted by atomic mass is 16.5. The molecule has 2 aromatic rings. The van der Waals surface area contributed by atoms with Crippen LogP contribution >= 0.6 is 0 Å². The Morgan fingerprint density at radius 2 is 2.32 bits per heavy atom. The van der Waals surface area contributed by atoms with Crippen molar-refractivity contribution in [2.24, 2.45) is 13.0 Å². The van der Waals surface area contributed by atoms with Gasteiger partial charge in [0.25, 0.3) is 0 Å². The van der Waals surface area contributed by atoms with Gasteiger partial charge >= 0.3 is 6.01 Å². The molecule has 2 rings (SSSR count). The summed E-state index contributed by atoms with van der Waals surface area (Å²) >= 11 is 0. The van der Waals surface area contributed by atoms with Crippen LogP contribution in [0, 0.1) is 5.92 Å². The normalized spacial score (nSPS) is 11.2. The van der Waals surface area contributed by atoms with Crippen molar-refractivity contribution in [2.75, 3.05) is 6.54 Å². The van der Waals surface area contributed by atoms with E-state index in [1.54, 1.807) is 24.3 Å². The lowest BCUT2D eigenvalue weighted by Crippen LogP contribution is -2.19. The highest BCUT2D eigenvalue weighted by molar-refractivity contribution is 5.16. The second-order valence-electron chi connectivity index (χ2n) is 4.88. The fraction of sp³-hybridized carbons (Fsp3) is 0.538. The van der Waals surface area contributed by atoms with Gasteiger partial charge in [0, 0.05) is 12.6 Å². The van der Waals surface area contributed by atoms with Crippen molar-refractivity contribution in [3.05, 3.63) is 30.0 Å². The van der Waals surface area contributed by atoms with Crippen LogP contribution in [0.2, 0.25) is 0 Å². The van der Waals surface area contributed by atoms with Crippen LogP contribution in [0.5, 0.6) is 6.01 Å². The standard InChI is InChI=1S/C13H20N4O2/c1-10(2)6-14-7-12-11(4-5-18-12)8-19-13-15-9-17(3)16-13/h4-5,9-10,14H,6-8H2,1-3H3. The van der Waals surface area contributed by atoms with Crippen molar-refractivity contribution in [3.63, 3.8) is 0 Å². The molecule has 0 saturated carbocycles. The molecule has 0 amide bonds. The minimum atomic E-state index is 0.379. The first-order chi connectivity index (χ1) is 9.15. The summed E-state index contributed by atoms with van der Waals surface area (Å²) in [6.45, 7) is 6.43. The quantitative estimate of drug-likeness (QED) is 0.825. The van der Waals surface area contributed by atoms with E-state index in [-0.39, 0.29) is 0 Å². The van der Waals surface area contributed by atoms with Crippen LogP contribution in [0.15, 0.2) is 23.1 Å². The summed E-state index contributed by atoms with van der Waals surface area (Å²) < 4.78 is 12.6. The number of nitrogens with one attached hydrogen (secondary N) is 1. The van der Waals surface area contributed by atoms with Crippen LogP contribution in [0.1, 0.15) is 25.2 Å². The van der Waals surface area contributed by atoms with Gasteiger partial charge in [0.05, 0.1) is 12.8 Å². The van der Waals surface area contributed by atoms with Gasteiger partial charge < -0.3 is 14.5 Å². The molecule has 0 aliphatic rings. The number of hydrogen-bond acceptors (Lipinski definition) is 5. The third-order valence-electron chi connectivity index (χ3n) is 2.61. The van der Waals surface area contributed by atoms with Crippen molar-refractivity contribution < 1.29 is 9.15 Å². The molecule has 0 radical (unpaired) electrons. The minimum Gasteiger partial charge on any atom is -0.468 e. The lowest BCUT2D eigenvalue weighted by atomic mass is 10.2. The first-order valence-electron chi connectivity index (χ1n) is 6.39. The topological polar surface area (TPSA) is 65.1 Å². The molecule has 6 heteroatoms. The second-order valence-corrected chi connectivity index (χ2v) is 4.88. The SMILES string of the molecule is CC(C)CNCc1occc1COc1ncn(C)n1. The zero-order chi connectivity index (χ0) is 13.7. The maximum absolute atomic E-state index is 5.51. The molecule has 104 valence electrons. The van der Waals surface area contributed by atoms with Crippen molar-refractivity contribution in [1.29, 1.82) is 0 Å². The zero-order valence-corrected chi connectivity index (χ0v) is 11.6. The smallest absolute Gasteiger partial charge is 0.335 e. The number of aromatic nitrogens is 3. The summed E-state index contributed by atoms with van der Waals surface area (Å²) in [6, 6.07) is 2.29. The molecule has 0 saturated heterocycles. The molecule has 2 aromatic heterocycles. The lowest BCUT2D eigenvalue weighted by molar-refractivity contribution is 0.276. The van der Waals surface area contributed by atoms with E-state index in [2.05, 4.69) is 29.2 Å². The van der Waals surface area contributed by atoms with Crippen LogP contribution in [0.4, 0.5) is 0 Å². The Morgan fingerprint density at radius 1 is 1.47 bits per heavy atom. The van der Waals surface area contributed by atoms with Crippen molar-refractivity contribution in [2.45, 2.75) is 27.0 Å². The Morgan fingerprint density at radius 3 is 3.00 bits per heavy atom. The summed E-state index contributed by atoms with van der Waals surface area (Å²) in [5.74, 6) is 1.52. The minimum absolute atomic E-state index is 0.379. The molecule has 6 nitrogen and oxygen atoms in total. The van der Waals surface area contributed by atoms with Gasteiger partial charge in [-0.25, -0.2) is 0 Å². The predicted octanol–water partition coefficient (Wildman–Crippen LogP) is 1.73. The van der Waals surface area contributed by atoms with Gasteiger partial charge in [0.15, 0.2) is 0 Å². The van der Waals surface area contributed by atoms with Gasteiger partial charge in [-0.3, -0.25) is 4.68 Å². The number of furan rings is 1. The average molecular weight is 264 g/mol. The number of ether oxygens (including phenoxy) is 1. The highest BCUT2D eigenvalue weighted by Gasteiger charge is 2.08. The van der Waals surface area contributed by atoms with Crippen LogP contribution < -0.4 is 10.1 Å². The molecule has 1 N–H and O–H groups in total. The van der Waals surface area contributed by atoms with E-state index < -0.39 is 0 Å². The Bertz CT molecular complexity index is 504. The van der Waals surface area contributed by atoms with Gasteiger partial charge in [-0.1, -0.05) is 13.8 Å². The van der Waals surface area contributed by atoms with Crippen LogP contribution in [0.25, 0.3) is 0 Å². The monoisotopic (exact) mass is 264 g/mol. The maximum atomic E-state index is 5.51. The molecule has 0 fully saturated rings. The summed E-state index contributed by atoms with van der Waals surface area (Å²) in [5, 5.41) is 7.41. The molecule has 0 unspecified atom stereocenters. The fourth-order valence-corrected chi connectivity index (χ4v) is 1.65. The molecule has 19 heavy (non-hydrogen) atoms. The lowest BCUT2D eigenvalue weighted by Gasteiger charge is -2.07. The Balaban J connectivity index is 1.85. The molecular weight excluding hydrogens is 244 g/mol. The molecular formula is C13H20N4O2. The first kappa shape index (κ1) is 13.6. The maximum Gasteiger partial charge on any atom is 0.335 e. The Labute approximate surface area is 112 Å².